The first kappa shape index (κ1) is 20.0. The molecule has 3 N–H and O–H groups in total. The van der Waals surface area contributed by atoms with Crippen LogP contribution < -0.4 is 11.1 Å². The van der Waals surface area contributed by atoms with Gasteiger partial charge >= 0.3 is 12.3 Å². The van der Waals surface area contributed by atoms with Crippen LogP contribution in [0.5, 0.6) is 0 Å². The SMILES string of the molecule is CC(C)(C)OC(=O)NC(=C/N)/C(=N/c1ncccc1C#N)C(F)(F)F. The van der Waals surface area contributed by atoms with Gasteiger partial charge in [-0.15, -0.1) is 0 Å². The number of carbonyl (C=O) groups is 1. The van der Waals surface area contributed by atoms with E-state index < -0.39 is 35.1 Å². The smallest absolute Gasteiger partial charge is 0.435 e. The summed E-state index contributed by atoms with van der Waals surface area (Å²) in [6, 6.07) is 4.32. The van der Waals surface area contributed by atoms with Crippen LogP contribution in [-0.2, 0) is 4.74 Å². The summed E-state index contributed by atoms with van der Waals surface area (Å²) in [5.74, 6) is -0.456. The van der Waals surface area contributed by atoms with Gasteiger partial charge in [0.1, 0.15) is 11.7 Å². The van der Waals surface area contributed by atoms with Gasteiger partial charge in [0.25, 0.3) is 0 Å². The highest BCUT2D eigenvalue weighted by Crippen LogP contribution is 2.25. The summed E-state index contributed by atoms with van der Waals surface area (Å²) in [4.78, 5) is 18.7. The Labute approximate surface area is 142 Å². The fourth-order valence-electron chi connectivity index (χ4n) is 1.55. The molecule has 0 aliphatic rings. The second kappa shape index (κ2) is 7.65. The third kappa shape index (κ3) is 6.14. The lowest BCUT2D eigenvalue weighted by molar-refractivity contribution is -0.0584. The lowest BCUT2D eigenvalue weighted by Crippen LogP contribution is -2.38. The highest BCUT2D eigenvalue weighted by Gasteiger charge is 2.39. The van der Waals surface area contributed by atoms with Crippen LogP contribution in [0.1, 0.15) is 26.3 Å². The van der Waals surface area contributed by atoms with Crippen molar-refractivity contribution in [1.82, 2.24) is 10.3 Å². The Kier molecular flexibility index (Phi) is 6.11. The number of nitrogens with two attached hydrogens (primary N) is 1. The van der Waals surface area contributed by atoms with E-state index in [0.29, 0.717) is 6.20 Å². The summed E-state index contributed by atoms with van der Waals surface area (Å²) in [6.07, 6.45) is -4.39. The molecule has 0 aliphatic carbocycles. The molecule has 0 saturated heterocycles. The van der Waals surface area contributed by atoms with Crippen LogP contribution in [0.15, 0.2) is 35.2 Å². The maximum atomic E-state index is 13.3. The molecule has 0 bridgehead atoms. The molecule has 0 unspecified atom stereocenters. The van der Waals surface area contributed by atoms with Crippen LogP contribution >= 0.6 is 0 Å². The zero-order valence-corrected chi connectivity index (χ0v) is 13.7. The van der Waals surface area contributed by atoms with E-state index in [2.05, 4.69) is 9.98 Å². The van der Waals surface area contributed by atoms with Crippen LogP contribution in [0.2, 0.25) is 0 Å². The van der Waals surface area contributed by atoms with Crippen LogP contribution in [0.3, 0.4) is 0 Å². The van der Waals surface area contributed by atoms with Crippen LogP contribution in [0.4, 0.5) is 23.8 Å². The molecule has 134 valence electrons. The minimum Gasteiger partial charge on any atom is -0.444 e. The number of nitriles is 1. The van der Waals surface area contributed by atoms with Crippen molar-refractivity contribution in [3.63, 3.8) is 0 Å². The van der Waals surface area contributed by atoms with E-state index in [4.69, 9.17) is 15.7 Å². The molecular formula is C15H16F3N5O2. The first-order valence-electron chi connectivity index (χ1n) is 6.91. The number of halogens is 3. The van der Waals surface area contributed by atoms with E-state index in [1.54, 1.807) is 26.8 Å². The predicted octanol–water partition coefficient (Wildman–Crippen LogP) is 2.91. The maximum absolute atomic E-state index is 13.3. The number of allylic oxidation sites excluding steroid dienone is 1. The number of rotatable bonds is 3. The number of ether oxygens (including phenoxy) is 1. The summed E-state index contributed by atoms with van der Waals surface area (Å²) in [7, 11) is 0. The number of amides is 1. The van der Waals surface area contributed by atoms with Crippen molar-refractivity contribution in [1.29, 1.82) is 5.26 Å². The number of pyridine rings is 1. The molecule has 7 nitrogen and oxygen atoms in total. The zero-order chi connectivity index (χ0) is 19.3. The normalized spacial score (nSPS) is 13.2. The highest BCUT2D eigenvalue weighted by atomic mass is 19.4. The number of alkyl carbamates (subject to hydrolysis) is 1. The second-order valence-electron chi connectivity index (χ2n) is 5.65. The Balaban J connectivity index is 3.28. The molecule has 0 spiro atoms. The van der Waals surface area contributed by atoms with Gasteiger partial charge in [-0.05, 0) is 32.9 Å². The van der Waals surface area contributed by atoms with Crippen molar-refractivity contribution in [3.05, 3.63) is 35.8 Å². The third-order valence-corrected chi connectivity index (χ3v) is 2.45. The van der Waals surface area contributed by atoms with Crippen molar-refractivity contribution in [2.75, 3.05) is 0 Å². The average Bonchev–Trinajstić information content (AvgIpc) is 2.48. The molecule has 1 amide bonds. The van der Waals surface area contributed by atoms with Crippen molar-refractivity contribution in [3.8, 4) is 6.07 Å². The fraction of sp³-hybridized carbons (Fsp3) is 0.333. The number of aliphatic imine (C=N–C) groups is 1. The molecule has 0 radical (unpaired) electrons. The van der Waals surface area contributed by atoms with E-state index in [1.807, 2.05) is 5.32 Å². The molecule has 25 heavy (non-hydrogen) atoms. The Morgan fingerprint density at radius 3 is 2.56 bits per heavy atom. The van der Waals surface area contributed by atoms with Crippen LogP contribution in [0, 0.1) is 11.3 Å². The highest BCUT2D eigenvalue weighted by molar-refractivity contribution is 6.07. The van der Waals surface area contributed by atoms with Gasteiger partial charge in [0.15, 0.2) is 11.5 Å². The molecule has 1 heterocycles. The topological polar surface area (TPSA) is 113 Å². The van der Waals surface area contributed by atoms with E-state index in [1.165, 1.54) is 18.3 Å². The predicted molar refractivity (Wildman–Crippen MR) is 83.7 cm³/mol. The van der Waals surface area contributed by atoms with Gasteiger partial charge in [0.2, 0.25) is 0 Å². The van der Waals surface area contributed by atoms with Gasteiger partial charge in [-0.2, -0.15) is 18.4 Å². The van der Waals surface area contributed by atoms with Gasteiger partial charge in [0, 0.05) is 12.4 Å². The molecule has 0 atom stereocenters. The van der Waals surface area contributed by atoms with Gasteiger partial charge in [-0.1, -0.05) is 0 Å². The fourth-order valence-corrected chi connectivity index (χ4v) is 1.55. The van der Waals surface area contributed by atoms with E-state index in [9.17, 15) is 18.0 Å². The van der Waals surface area contributed by atoms with Crippen LogP contribution in [0.25, 0.3) is 0 Å². The van der Waals surface area contributed by atoms with Crippen molar-refractivity contribution < 1.29 is 22.7 Å². The van der Waals surface area contributed by atoms with Crippen molar-refractivity contribution in [2.24, 2.45) is 10.7 Å². The Hall–Kier alpha value is -3.09. The maximum Gasteiger partial charge on any atom is 0.435 e. The lowest BCUT2D eigenvalue weighted by Gasteiger charge is -2.21. The number of alkyl halides is 3. The molecule has 1 aromatic heterocycles. The first-order chi connectivity index (χ1) is 11.5. The number of hydrogen-bond acceptors (Lipinski definition) is 6. The largest absolute Gasteiger partial charge is 0.444 e. The molecule has 0 fully saturated rings. The van der Waals surface area contributed by atoms with Gasteiger partial charge in [0.05, 0.1) is 11.3 Å². The second-order valence-corrected chi connectivity index (χ2v) is 5.65. The Bertz CT molecular complexity index is 743. The molecule has 1 rings (SSSR count). The number of hydrogen-bond donors (Lipinski definition) is 2. The summed E-state index contributed by atoms with van der Waals surface area (Å²) >= 11 is 0. The Morgan fingerprint density at radius 2 is 2.08 bits per heavy atom. The number of nitrogens with one attached hydrogen (secondary N) is 1. The number of aromatic nitrogens is 1. The average molecular weight is 355 g/mol. The van der Waals surface area contributed by atoms with E-state index in [0.717, 1.165) is 0 Å². The van der Waals surface area contributed by atoms with Crippen molar-refractivity contribution >= 4 is 17.6 Å². The Morgan fingerprint density at radius 1 is 1.44 bits per heavy atom. The molecular weight excluding hydrogens is 339 g/mol. The molecule has 10 heteroatoms. The van der Waals surface area contributed by atoms with Gasteiger partial charge in [-0.3, -0.25) is 5.32 Å². The summed E-state index contributed by atoms with van der Waals surface area (Å²) in [5, 5.41) is 10.8. The monoisotopic (exact) mass is 355 g/mol. The van der Waals surface area contributed by atoms with E-state index >= 15 is 0 Å². The van der Waals surface area contributed by atoms with Crippen molar-refractivity contribution in [2.45, 2.75) is 32.5 Å². The van der Waals surface area contributed by atoms with Crippen LogP contribution in [-0.4, -0.2) is 28.6 Å². The lowest BCUT2D eigenvalue weighted by atomic mass is 10.2. The number of nitrogens with zero attached hydrogens (tertiary/aromatic N) is 3. The van der Waals surface area contributed by atoms with Gasteiger partial charge < -0.3 is 10.5 Å². The summed E-state index contributed by atoms with van der Waals surface area (Å²) in [6.45, 7) is 4.64. The molecule has 0 aliphatic heterocycles. The number of carbonyl (C=O) groups excluding carboxylic acids is 1. The first-order valence-corrected chi connectivity index (χ1v) is 6.91. The quantitative estimate of drug-likeness (QED) is 0.809. The van der Waals surface area contributed by atoms with E-state index in [-0.39, 0.29) is 5.56 Å². The summed E-state index contributed by atoms with van der Waals surface area (Å²) in [5.41, 5.74) is 1.78. The van der Waals surface area contributed by atoms with Gasteiger partial charge in [-0.25, -0.2) is 14.8 Å². The minimum absolute atomic E-state index is 0.169. The molecule has 0 saturated carbocycles. The standard InChI is InChI=1S/C15H16F3N5O2/c1-14(2,3)25-13(24)22-10(8-20)11(15(16,17)18)23-12-9(7-19)5-4-6-21-12/h4-6,8H,20H2,1-3H3,(H,22,24)/b10-8+,23-11-. The molecule has 1 aromatic rings. The molecule has 0 aromatic carbocycles. The minimum atomic E-state index is -4.97. The zero-order valence-electron chi connectivity index (χ0n) is 13.7. The third-order valence-electron chi connectivity index (χ3n) is 2.45. The summed E-state index contributed by atoms with van der Waals surface area (Å²) < 4.78 is 44.9.